The van der Waals surface area contributed by atoms with Crippen molar-refractivity contribution in [3.63, 3.8) is 0 Å². The molecule has 17 heteroatoms. The van der Waals surface area contributed by atoms with Gasteiger partial charge in [0.25, 0.3) is 15.9 Å². The lowest BCUT2D eigenvalue weighted by Gasteiger charge is -2.30. The van der Waals surface area contributed by atoms with Crippen LogP contribution in [0.15, 0.2) is 59.5 Å². The Morgan fingerprint density at radius 2 is 1.73 bits per heavy atom. The van der Waals surface area contributed by atoms with Crippen LogP contribution in [0.4, 0.5) is 18.4 Å². The van der Waals surface area contributed by atoms with Gasteiger partial charge in [0, 0.05) is 24.4 Å². The van der Waals surface area contributed by atoms with Gasteiger partial charge in [-0.05, 0) is 70.2 Å². The highest BCUT2D eigenvalue weighted by molar-refractivity contribution is 7.90. The molecule has 55 heavy (non-hydrogen) atoms. The van der Waals surface area contributed by atoms with E-state index in [4.69, 9.17) is 9.47 Å². The van der Waals surface area contributed by atoms with Gasteiger partial charge in [0.05, 0.1) is 13.1 Å². The zero-order valence-electron chi connectivity index (χ0n) is 30.8. The number of hydrogen-bond donors (Lipinski definition) is 3. The Morgan fingerprint density at radius 3 is 2.45 bits per heavy atom. The van der Waals surface area contributed by atoms with Crippen LogP contribution in [0.2, 0.25) is 0 Å². The predicted octanol–water partition coefficient (Wildman–Crippen LogP) is 4.18. The summed E-state index contributed by atoms with van der Waals surface area (Å²) < 4.78 is 68.4. The minimum Gasteiger partial charge on any atom is -0.444 e. The fourth-order valence-corrected chi connectivity index (χ4v) is 8.39. The van der Waals surface area contributed by atoms with E-state index in [9.17, 15) is 41.2 Å². The largest absolute Gasteiger partial charge is 0.444 e. The molecular weight excluding hydrogens is 741 g/mol. The number of nitrogens with one attached hydrogen (secondary N) is 3. The summed E-state index contributed by atoms with van der Waals surface area (Å²) in [6, 6.07) is 6.62. The SMILES string of the molecule is CC(C)(C)OC(=O)N[C@H]1CCCCC/C=C\[C@H]2C[C@@]2(C(=O)NS(=O)(=O)c2ccccc2F)NC(=O)[C@@H]2C[C@@H](OC(=O)N3Cc4cccc(F)c4C3)CN2C1=O. The summed E-state index contributed by atoms with van der Waals surface area (Å²) in [5.74, 6) is -4.73. The lowest BCUT2D eigenvalue weighted by molar-refractivity contribution is -0.141. The Labute approximate surface area is 318 Å². The standard InChI is InChI=1S/C38H45F2N5O9S/c1-37(2,3)54-35(49)41-29-16-8-6-4-5-7-13-24-19-38(24,34(48)43-55(51,52)31-17-10-9-14-28(31)40)42-32(46)30-18-25(21-45(30)33(29)47)53-36(50)44-20-23-12-11-15-27(39)26(23)22-44/h7,9-15,17,24-25,29-30H,4-6,8,16,18-22H2,1-3H3,(H,41,49)(H,42,46)(H,43,48)/b13-7-/t24-,25+,29-,30-,38+/m0/s1. The van der Waals surface area contributed by atoms with Gasteiger partial charge in [0.2, 0.25) is 11.8 Å². The van der Waals surface area contributed by atoms with Crippen LogP contribution in [-0.4, -0.2) is 84.0 Å². The summed E-state index contributed by atoms with van der Waals surface area (Å²) in [5.41, 5.74) is -1.66. The maximum absolute atomic E-state index is 14.5. The molecule has 1 saturated heterocycles. The number of amides is 5. The van der Waals surface area contributed by atoms with E-state index in [1.807, 2.05) is 10.8 Å². The van der Waals surface area contributed by atoms with Gasteiger partial charge in [-0.15, -0.1) is 0 Å². The van der Waals surface area contributed by atoms with Crippen molar-refractivity contribution in [2.24, 2.45) is 5.92 Å². The van der Waals surface area contributed by atoms with Gasteiger partial charge in [-0.3, -0.25) is 19.3 Å². The molecule has 5 amide bonds. The number of hydrogen-bond acceptors (Lipinski definition) is 9. The first-order valence-electron chi connectivity index (χ1n) is 18.3. The van der Waals surface area contributed by atoms with E-state index in [2.05, 4.69) is 10.6 Å². The van der Waals surface area contributed by atoms with Gasteiger partial charge in [0.1, 0.15) is 45.9 Å². The van der Waals surface area contributed by atoms with E-state index in [0.29, 0.717) is 36.8 Å². The van der Waals surface area contributed by atoms with Crippen LogP contribution in [0, 0.1) is 17.6 Å². The smallest absolute Gasteiger partial charge is 0.410 e. The number of allylic oxidation sites excluding steroid dienone is 1. The molecule has 3 aliphatic heterocycles. The highest BCUT2D eigenvalue weighted by Gasteiger charge is 2.62. The summed E-state index contributed by atoms with van der Waals surface area (Å²) in [6.07, 6.45) is 3.39. The summed E-state index contributed by atoms with van der Waals surface area (Å²) in [4.78, 5) is 70.5. The van der Waals surface area contributed by atoms with Crippen LogP contribution in [0.25, 0.3) is 0 Å². The van der Waals surface area contributed by atoms with Crippen molar-refractivity contribution in [3.8, 4) is 0 Å². The third-order valence-corrected chi connectivity index (χ3v) is 11.5. The van der Waals surface area contributed by atoms with Crippen LogP contribution in [0.3, 0.4) is 0 Å². The van der Waals surface area contributed by atoms with Gasteiger partial charge >= 0.3 is 12.2 Å². The Balaban J connectivity index is 1.27. The van der Waals surface area contributed by atoms with Crippen molar-refractivity contribution in [1.82, 2.24) is 25.2 Å². The highest BCUT2D eigenvalue weighted by atomic mass is 32.2. The fourth-order valence-electron chi connectivity index (χ4n) is 7.27. The fraction of sp³-hybridized carbons (Fsp3) is 0.500. The van der Waals surface area contributed by atoms with Crippen molar-refractivity contribution >= 4 is 39.9 Å². The van der Waals surface area contributed by atoms with Crippen molar-refractivity contribution in [3.05, 3.63) is 77.4 Å². The van der Waals surface area contributed by atoms with Crippen LogP contribution >= 0.6 is 0 Å². The van der Waals surface area contributed by atoms with Crippen LogP contribution < -0.4 is 15.4 Å². The molecule has 1 aliphatic carbocycles. The van der Waals surface area contributed by atoms with Crippen molar-refractivity contribution < 1.29 is 50.6 Å². The average Bonchev–Trinajstić information content (AvgIpc) is 3.40. The third kappa shape index (κ3) is 8.92. The maximum atomic E-state index is 14.5. The number of sulfonamides is 1. The number of ether oxygens (including phenoxy) is 2. The molecule has 2 fully saturated rings. The maximum Gasteiger partial charge on any atom is 0.410 e. The van der Waals surface area contributed by atoms with E-state index < -0.39 is 91.7 Å². The third-order valence-electron chi connectivity index (χ3n) is 10.1. The summed E-state index contributed by atoms with van der Waals surface area (Å²) >= 11 is 0. The number of carbonyl (C=O) groups excluding carboxylic acids is 5. The predicted molar refractivity (Wildman–Crippen MR) is 192 cm³/mol. The molecule has 3 heterocycles. The van der Waals surface area contributed by atoms with Crippen LogP contribution in [0.5, 0.6) is 0 Å². The topological polar surface area (TPSA) is 181 Å². The molecule has 5 atom stereocenters. The number of rotatable bonds is 5. The van der Waals surface area contributed by atoms with Crippen LogP contribution in [0.1, 0.15) is 76.8 Å². The average molecular weight is 786 g/mol. The minimum absolute atomic E-state index is 0.0157. The quantitative estimate of drug-likeness (QED) is 0.375. The molecule has 14 nitrogen and oxygen atoms in total. The molecule has 4 aliphatic rings. The lowest BCUT2D eigenvalue weighted by Crippen LogP contribution is -2.58. The van der Waals surface area contributed by atoms with E-state index in [1.54, 1.807) is 39.0 Å². The second kappa shape index (κ2) is 15.6. The first-order valence-corrected chi connectivity index (χ1v) is 19.8. The summed E-state index contributed by atoms with van der Waals surface area (Å²) in [7, 11) is -4.70. The first-order chi connectivity index (χ1) is 26.0. The Kier molecular flexibility index (Phi) is 11.2. The number of benzene rings is 2. The monoisotopic (exact) mass is 785 g/mol. The van der Waals surface area contributed by atoms with Crippen molar-refractivity contribution in [2.45, 2.75) is 113 Å². The van der Waals surface area contributed by atoms with Gasteiger partial charge in [-0.2, -0.15) is 0 Å². The molecule has 0 radical (unpaired) electrons. The second-order valence-corrected chi connectivity index (χ2v) is 17.0. The summed E-state index contributed by atoms with van der Waals surface area (Å²) in [5, 5.41) is 5.33. The van der Waals surface area contributed by atoms with Gasteiger partial charge < -0.3 is 25.0 Å². The molecule has 0 unspecified atom stereocenters. The summed E-state index contributed by atoms with van der Waals surface area (Å²) in [6.45, 7) is 4.81. The Bertz CT molecular complexity index is 2000. The molecular formula is C38H45F2N5O9S. The Hall–Kier alpha value is -5.06. The van der Waals surface area contributed by atoms with E-state index >= 15 is 0 Å². The molecule has 296 valence electrons. The molecule has 0 aromatic heterocycles. The van der Waals surface area contributed by atoms with Gasteiger partial charge in [0.15, 0.2) is 0 Å². The molecule has 1 saturated carbocycles. The zero-order chi connectivity index (χ0) is 39.7. The molecule has 2 aromatic carbocycles. The normalized spacial score (nSPS) is 26.3. The number of fused-ring (bicyclic) bond motifs is 3. The molecule has 3 N–H and O–H groups in total. The van der Waals surface area contributed by atoms with E-state index in [-0.39, 0.29) is 38.9 Å². The minimum atomic E-state index is -4.70. The molecule has 2 aromatic rings. The second-order valence-electron chi connectivity index (χ2n) is 15.4. The van der Waals surface area contributed by atoms with Crippen molar-refractivity contribution in [2.75, 3.05) is 6.54 Å². The molecule has 0 spiro atoms. The van der Waals surface area contributed by atoms with Gasteiger partial charge in [-0.1, -0.05) is 49.3 Å². The first kappa shape index (κ1) is 39.6. The number of alkyl carbamates (subject to hydrolysis) is 1. The van der Waals surface area contributed by atoms with Gasteiger partial charge in [-0.25, -0.2) is 31.5 Å². The number of halogens is 2. The zero-order valence-corrected chi connectivity index (χ0v) is 31.6. The lowest BCUT2D eigenvalue weighted by atomic mass is 10.0. The number of nitrogens with zero attached hydrogens (tertiary/aromatic N) is 2. The Morgan fingerprint density at radius 1 is 0.982 bits per heavy atom. The van der Waals surface area contributed by atoms with E-state index in [1.165, 1.54) is 28.0 Å². The number of carbonyl (C=O) groups is 5. The highest BCUT2D eigenvalue weighted by Crippen LogP contribution is 2.46. The molecule has 0 bridgehead atoms. The molecule has 6 rings (SSSR count). The van der Waals surface area contributed by atoms with Crippen LogP contribution in [-0.2, 0) is 47.0 Å². The van der Waals surface area contributed by atoms with E-state index in [0.717, 1.165) is 12.1 Å². The van der Waals surface area contributed by atoms with Crippen molar-refractivity contribution in [1.29, 1.82) is 0 Å².